The first-order valence-electron chi connectivity index (χ1n) is 3.72. The fourth-order valence-electron chi connectivity index (χ4n) is 0.243. The van der Waals surface area contributed by atoms with Crippen molar-refractivity contribution in [3.63, 3.8) is 0 Å². The molecule has 0 aromatic heterocycles. The second-order valence-corrected chi connectivity index (χ2v) is 1.49. The lowest BCUT2D eigenvalue weighted by Crippen LogP contribution is -1.73. The van der Waals surface area contributed by atoms with Gasteiger partial charge in [-0.05, 0) is 26.8 Å². The molecule has 0 aliphatic carbocycles. The maximum atomic E-state index is 5.02. The van der Waals surface area contributed by atoms with E-state index in [2.05, 4.69) is 0 Å². The molecule has 10 heavy (non-hydrogen) atoms. The summed E-state index contributed by atoms with van der Waals surface area (Å²) in [5.41, 5.74) is 0. The van der Waals surface area contributed by atoms with E-state index in [0.29, 0.717) is 0 Å². The van der Waals surface area contributed by atoms with Crippen LogP contribution in [0.25, 0.3) is 0 Å². The summed E-state index contributed by atoms with van der Waals surface area (Å²) in [5, 5.41) is 0. The minimum atomic E-state index is 0.933. The molecule has 0 fully saturated rings. The average molecular weight is 142 g/mol. The van der Waals surface area contributed by atoms with E-state index in [1.54, 1.807) is 6.26 Å². The van der Waals surface area contributed by atoms with Crippen LogP contribution in [0.5, 0.6) is 0 Å². The summed E-state index contributed by atoms with van der Waals surface area (Å²) >= 11 is 0. The van der Waals surface area contributed by atoms with Gasteiger partial charge in [-0.25, -0.2) is 0 Å². The zero-order valence-corrected chi connectivity index (χ0v) is 7.64. The minimum Gasteiger partial charge on any atom is -0.470 e. The molecular formula is C9H18O. The van der Waals surface area contributed by atoms with Crippen molar-refractivity contribution in [2.45, 2.75) is 34.6 Å². The Morgan fingerprint density at radius 2 is 1.70 bits per heavy atom. The molecule has 0 aromatic carbocycles. The lowest BCUT2D eigenvalue weighted by atomic mass is 10.5. The molecule has 0 saturated carbocycles. The average Bonchev–Trinajstić information content (AvgIpc) is 2.04. The van der Waals surface area contributed by atoms with Crippen molar-refractivity contribution in [1.82, 2.24) is 0 Å². The van der Waals surface area contributed by atoms with Crippen LogP contribution in [0.2, 0.25) is 0 Å². The van der Waals surface area contributed by atoms with Gasteiger partial charge in [-0.1, -0.05) is 19.9 Å². The molecule has 1 heteroatoms. The van der Waals surface area contributed by atoms with Crippen molar-refractivity contribution < 1.29 is 4.74 Å². The SMILES string of the molecule is C/C=C\O/C(C)=C\C.CC. The topological polar surface area (TPSA) is 9.23 Å². The Morgan fingerprint density at radius 1 is 1.20 bits per heavy atom. The molecule has 0 aromatic rings. The van der Waals surface area contributed by atoms with Crippen molar-refractivity contribution >= 4 is 0 Å². The summed E-state index contributed by atoms with van der Waals surface area (Å²) in [6.45, 7) is 9.78. The van der Waals surface area contributed by atoms with Gasteiger partial charge in [0.2, 0.25) is 0 Å². The van der Waals surface area contributed by atoms with E-state index in [1.807, 2.05) is 46.8 Å². The van der Waals surface area contributed by atoms with Crippen LogP contribution in [0.4, 0.5) is 0 Å². The van der Waals surface area contributed by atoms with E-state index >= 15 is 0 Å². The van der Waals surface area contributed by atoms with Gasteiger partial charge in [0.15, 0.2) is 0 Å². The van der Waals surface area contributed by atoms with Crippen LogP contribution in [0, 0.1) is 0 Å². The third kappa shape index (κ3) is 10.3. The van der Waals surface area contributed by atoms with Crippen molar-refractivity contribution in [3.8, 4) is 0 Å². The van der Waals surface area contributed by atoms with Gasteiger partial charge in [-0.2, -0.15) is 0 Å². The highest BCUT2D eigenvalue weighted by Crippen LogP contribution is 1.93. The van der Waals surface area contributed by atoms with Crippen molar-refractivity contribution in [2.24, 2.45) is 0 Å². The highest BCUT2D eigenvalue weighted by Gasteiger charge is 1.76. The Bertz CT molecular complexity index is 101. The third-order valence-corrected chi connectivity index (χ3v) is 0.797. The Morgan fingerprint density at radius 3 is 2.00 bits per heavy atom. The maximum Gasteiger partial charge on any atom is 0.0958 e. The first kappa shape index (κ1) is 12.0. The largest absolute Gasteiger partial charge is 0.470 e. The third-order valence-electron chi connectivity index (χ3n) is 0.797. The minimum absolute atomic E-state index is 0.933. The number of ether oxygens (including phenoxy) is 1. The second kappa shape index (κ2) is 11.1. The van der Waals surface area contributed by atoms with Gasteiger partial charge < -0.3 is 4.74 Å². The molecular weight excluding hydrogens is 124 g/mol. The summed E-state index contributed by atoms with van der Waals surface area (Å²) in [6.07, 6.45) is 5.43. The summed E-state index contributed by atoms with van der Waals surface area (Å²) in [4.78, 5) is 0. The summed E-state index contributed by atoms with van der Waals surface area (Å²) in [6, 6.07) is 0. The summed E-state index contributed by atoms with van der Waals surface area (Å²) in [7, 11) is 0. The molecule has 0 N–H and O–H groups in total. The number of hydrogen-bond acceptors (Lipinski definition) is 1. The highest BCUT2D eigenvalue weighted by molar-refractivity contribution is 4.87. The van der Waals surface area contributed by atoms with Crippen LogP contribution in [0.1, 0.15) is 34.6 Å². The lowest BCUT2D eigenvalue weighted by Gasteiger charge is -1.94. The van der Waals surface area contributed by atoms with Crippen LogP contribution in [0.15, 0.2) is 24.2 Å². The molecule has 0 unspecified atom stereocenters. The first-order valence-corrected chi connectivity index (χ1v) is 3.72. The van der Waals surface area contributed by atoms with E-state index in [0.717, 1.165) is 5.76 Å². The summed E-state index contributed by atoms with van der Waals surface area (Å²) < 4.78 is 5.02. The zero-order valence-electron chi connectivity index (χ0n) is 7.64. The first-order chi connectivity index (χ1) is 4.81. The monoisotopic (exact) mass is 142 g/mol. The predicted molar refractivity (Wildman–Crippen MR) is 46.7 cm³/mol. The van der Waals surface area contributed by atoms with Crippen LogP contribution >= 0.6 is 0 Å². The second-order valence-electron chi connectivity index (χ2n) is 1.49. The molecule has 60 valence electrons. The Kier molecular flexibility index (Phi) is 13.4. The van der Waals surface area contributed by atoms with E-state index in [-0.39, 0.29) is 0 Å². The maximum absolute atomic E-state index is 5.02. The molecule has 0 radical (unpaired) electrons. The van der Waals surface area contributed by atoms with E-state index in [9.17, 15) is 0 Å². The molecule has 0 amide bonds. The standard InChI is InChI=1S/C7H12O.C2H6/c1-4-6-8-7(3)5-2;1-2/h4-6H,1-3H3;1-2H3/b6-4-,7-5-;. The Hall–Kier alpha value is -0.720. The number of allylic oxidation sites excluding steroid dienone is 3. The number of rotatable bonds is 2. The summed E-state index contributed by atoms with van der Waals surface area (Å²) in [5.74, 6) is 0.933. The quantitative estimate of drug-likeness (QED) is 0.536. The van der Waals surface area contributed by atoms with Gasteiger partial charge in [0, 0.05) is 0 Å². The van der Waals surface area contributed by atoms with Gasteiger partial charge in [0.05, 0.1) is 12.0 Å². The van der Waals surface area contributed by atoms with Crippen LogP contribution < -0.4 is 0 Å². The fraction of sp³-hybridized carbons (Fsp3) is 0.556. The molecule has 0 heterocycles. The van der Waals surface area contributed by atoms with Gasteiger partial charge >= 0.3 is 0 Å². The highest BCUT2D eigenvalue weighted by atomic mass is 16.5. The van der Waals surface area contributed by atoms with Crippen LogP contribution in [0.3, 0.4) is 0 Å². The Balaban J connectivity index is 0. The van der Waals surface area contributed by atoms with Crippen molar-refractivity contribution in [3.05, 3.63) is 24.2 Å². The van der Waals surface area contributed by atoms with Crippen LogP contribution in [-0.4, -0.2) is 0 Å². The molecule has 0 atom stereocenters. The van der Waals surface area contributed by atoms with Gasteiger partial charge in [-0.3, -0.25) is 0 Å². The molecule has 1 nitrogen and oxygen atoms in total. The predicted octanol–water partition coefficient (Wildman–Crippen LogP) is 3.49. The zero-order chi connectivity index (χ0) is 8.41. The fourth-order valence-corrected chi connectivity index (χ4v) is 0.243. The molecule has 0 aliphatic heterocycles. The van der Waals surface area contributed by atoms with E-state index in [1.165, 1.54) is 0 Å². The molecule has 0 saturated heterocycles. The van der Waals surface area contributed by atoms with Crippen LogP contribution in [-0.2, 0) is 4.74 Å². The Labute approximate surface area is 64.4 Å². The lowest BCUT2D eigenvalue weighted by molar-refractivity contribution is 0.352. The van der Waals surface area contributed by atoms with Crippen molar-refractivity contribution in [1.29, 1.82) is 0 Å². The smallest absolute Gasteiger partial charge is 0.0958 e. The normalized spacial score (nSPS) is 10.7. The molecule has 0 bridgehead atoms. The number of hydrogen-bond donors (Lipinski definition) is 0. The van der Waals surface area contributed by atoms with E-state index in [4.69, 9.17) is 4.74 Å². The van der Waals surface area contributed by atoms with E-state index < -0.39 is 0 Å². The molecule has 0 spiro atoms. The van der Waals surface area contributed by atoms with Gasteiger partial charge in [0.1, 0.15) is 0 Å². The van der Waals surface area contributed by atoms with Crippen molar-refractivity contribution in [2.75, 3.05) is 0 Å². The molecule has 0 aliphatic rings. The van der Waals surface area contributed by atoms with Gasteiger partial charge in [-0.15, -0.1) is 0 Å². The van der Waals surface area contributed by atoms with Gasteiger partial charge in [0.25, 0.3) is 0 Å². The molecule has 0 rings (SSSR count).